The Hall–Kier alpha value is -1.84. The summed E-state index contributed by atoms with van der Waals surface area (Å²) in [4.78, 5) is 24.8. The van der Waals surface area contributed by atoms with Crippen LogP contribution in [0.15, 0.2) is 30.3 Å². The van der Waals surface area contributed by atoms with Gasteiger partial charge in [-0.05, 0) is 12.0 Å². The topological polar surface area (TPSA) is 57.6 Å². The molecule has 0 saturated carbocycles. The van der Waals surface area contributed by atoms with Crippen LogP contribution in [0.25, 0.3) is 0 Å². The van der Waals surface area contributed by atoms with Crippen molar-refractivity contribution >= 4 is 11.9 Å². The molecule has 2 rings (SSSR count). The zero-order chi connectivity index (χ0) is 14.0. The SMILES string of the molecule is CC1(C)C(=O)CCN(C(=O)O)C1Cc1ccccc1. The number of rotatable bonds is 2. The van der Waals surface area contributed by atoms with Crippen molar-refractivity contribution in [1.82, 2.24) is 4.90 Å². The van der Waals surface area contributed by atoms with Crippen molar-refractivity contribution in [2.75, 3.05) is 6.54 Å². The van der Waals surface area contributed by atoms with E-state index in [2.05, 4.69) is 0 Å². The predicted molar refractivity (Wildman–Crippen MR) is 72.1 cm³/mol. The van der Waals surface area contributed by atoms with Crippen LogP contribution in [0, 0.1) is 5.41 Å². The Balaban J connectivity index is 2.29. The van der Waals surface area contributed by atoms with E-state index in [1.807, 2.05) is 44.2 Å². The highest BCUT2D eigenvalue weighted by Gasteiger charge is 2.45. The van der Waals surface area contributed by atoms with Crippen LogP contribution < -0.4 is 0 Å². The van der Waals surface area contributed by atoms with Crippen LogP contribution in [-0.2, 0) is 11.2 Å². The second-order valence-corrected chi connectivity index (χ2v) is 5.58. The van der Waals surface area contributed by atoms with Gasteiger partial charge >= 0.3 is 6.09 Å². The van der Waals surface area contributed by atoms with E-state index in [9.17, 15) is 14.7 Å². The molecule has 1 aliphatic heterocycles. The third-order valence-corrected chi connectivity index (χ3v) is 4.03. The summed E-state index contributed by atoms with van der Waals surface area (Å²) in [6.07, 6.45) is -0.0577. The minimum Gasteiger partial charge on any atom is -0.465 e. The molecular formula is C15H19NO3. The molecule has 1 fully saturated rings. The van der Waals surface area contributed by atoms with E-state index in [0.29, 0.717) is 19.4 Å². The second kappa shape index (κ2) is 5.03. The van der Waals surface area contributed by atoms with E-state index >= 15 is 0 Å². The molecule has 4 nitrogen and oxygen atoms in total. The number of carboxylic acid groups (broad SMARTS) is 1. The first-order valence-electron chi connectivity index (χ1n) is 6.49. The van der Waals surface area contributed by atoms with Gasteiger partial charge in [-0.25, -0.2) is 4.79 Å². The smallest absolute Gasteiger partial charge is 0.407 e. The number of carbonyl (C=O) groups is 2. The summed E-state index contributed by atoms with van der Waals surface area (Å²) in [5.74, 6) is 0.144. The number of ketones is 1. The monoisotopic (exact) mass is 261 g/mol. The molecule has 1 atom stereocenters. The van der Waals surface area contributed by atoms with Gasteiger partial charge in [0.2, 0.25) is 0 Å². The molecule has 1 aromatic rings. The number of hydrogen-bond acceptors (Lipinski definition) is 2. The Morgan fingerprint density at radius 2 is 2.00 bits per heavy atom. The van der Waals surface area contributed by atoms with Crippen LogP contribution in [-0.4, -0.2) is 34.5 Å². The van der Waals surface area contributed by atoms with Gasteiger partial charge in [0.15, 0.2) is 0 Å². The van der Waals surface area contributed by atoms with E-state index in [1.54, 1.807) is 0 Å². The molecule has 1 aromatic carbocycles. The zero-order valence-corrected chi connectivity index (χ0v) is 11.3. The number of benzene rings is 1. The molecule has 0 aromatic heterocycles. The molecule has 1 heterocycles. The molecule has 4 heteroatoms. The quantitative estimate of drug-likeness (QED) is 0.890. The summed E-state index contributed by atoms with van der Waals surface area (Å²) < 4.78 is 0. The van der Waals surface area contributed by atoms with Gasteiger partial charge in [0.25, 0.3) is 0 Å². The molecular weight excluding hydrogens is 242 g/mol. The highest BCUT2D eigenvalue weighted by Crippen LogP contribution is 2.34. The summed E-state index contributed by atoms with van der Waals surface area (Å²) in [5.41, 5.74) is 0.425. The summed E-state index contributed by atoms with van der Waals surface area (Å²) >= 11 is 0. The number of likely N-dealkylation sites (tertiary alicyclic amines) is 1. The first kappa shape index (κ1) is 13.6. The molecule has 1 amide bonds. The van der Waals surface area contributed by atoms with Gasteiger partial charge in [-0.2, -0.15) is 0 Å². The Morgan fingerprint density at radius 1 is 1.37 bits per heavy atom. The van der Waals surface area contributed by atoms with E-state index in [-0.39, 0.29) is 11.8 Å². The Morgan fingerprint density at radius 3 is 2.58 bits per heavy atom. The fourth-order valence-electron chi connectivity index (χ4n) is 2.71. The third kappa shape index (κ3) is 2.62. The van der Waals surface area contributed by atoms with Crippen molar-refractivity contribution in [3.63, 3.8) is 0 Å². The fourth-order valence-corrected chi connectivity index (χ4v) is 2.71. The fraction of sp³-hybridized carbons (Fsp3) is 0.467. The predicted octanol–water partition coefficient (Wildman–Crippen LogP) is 2.58. The first-order valence-corrected chi connectivity index (χ1v) is 6.49. The van der Waals surface area contributed by atoms with Crippen LogP contribution in [0.5, 0.6) is 0 Å². The van der Waals surface area contributed by atoms with Crippen molar-refractivity contribution in [3.05, 3.63) is 35.9 Å². The van der Waals surface area contributed by atoms with Gasteiger partial charge in [0, 0.05) is 18.4 Å². The highest BCUT2D eigenvalue weighted by molar-refractivity contribution is 5.87. The normalized spacial score (nSPS) is 22.3. The van der Waals surface area contributed by atoms with Crippen LogP contribution in [0.2, 0.25) is 0 Å². The summed E-state index contributed by atoms with van der Waals surface area (Å²) in [7, 11) is 0. The first-order chi connectivity index (χ1) is 8.93. The van der Waals surface area contributed by atoms with E-state index in [4.69, 9.17) is 0 Å². The summed E-state index contributed by atoms with van der Waals surface area (Å²) in [6, 6.07) is 9.42. The third-order valence-electron chi connectivity index (χ3n) is 4.03. The average molecular weight is 261 g/mol. The maximum absolute atomic E-state index is 12.1. The molecule has 1 unspecified atom stereocenters. The minimum absolute atomic E-state index is 0.144. The molecule has 19 heavy (non-hydrogen) atoms. The summed E-state index contributed by atoms with van der Waals surface area (Å²) in [6.45, 7) is 3.99. The van der Waals surface area contributed by atoms with Gasteiger partial charge in [-0.3, -0.25) is 4.79 Å². The lowest BCUT2D eigenvalue weighted by atomic mass is 9.73. The molecule has 1 N–H and O–H groups in total. The maximum Gasteiger partial charge on any atom is 0.407 e. The number of Topliss-reactive ketones (excluding diaryl/α,β-unsaturated/α-hetero) is 1. The van der Waals surface area contributed by atoms with E-state index in [0.717, 1.165) is 5.56 Å². The highest BCUT2D eigenvalue weighted by atomic mass is 16.4. The van der Waals surface area contributed by atoms with Gasteiger partial charge in [0.1, 0.15) is 5.78 Å². The van der Waals surface area contributed by atoms with Crippen molar-refractivity contribution < 1.29 is 14.7 Å². The van der Waals surface area contributed by atoms with Crippen LogP contribution in [0.4, 0.5) is 4.79 Å². The minimum atomic E-state index is -0.943. The van der Waals surface area contributed by atoms with Crippen molar-refractivity contribution in [3.8, 4) is 0 Å². The number of hydrogen-bond donors (Lipinski definition) is 1. The Kier molecular flexibility index (Phi) is 3.60. The molecule has 1 saturated heterocycles. The van der Waals surface area contributed by atoms with Gasteiger partial charge in [-0.15, -0.1) is 0 Å². The van der Waals surface area contributed by atoms with Crippen molar-refractivity contribution in [2.45, 2.75) is 32.7 Å². The molecule has 102 valence electrons. The van der Waals surface area contributed by atoms with Crippen LogP contribution in [0.3, 0.4) is 0 Å². The van der Waals surface area contributed by atoms with Crippen molar-refractivity contribution in [2.24, 2.45) is 5.41 Å². The molecule has 0 radical (unpaired) electrons. The lowest BCUT2D eigenvalue weighted by Gasteiger charge is -2.44. The molecule has 0 spiro atoms. The largest absolute Gasteiger partial charge is 0.465 e. The Bertz CT molecular complexity index is 481. The van der Waals surface area contributed by atoms with Crippen LogP contribution >= 0.6 is 0 Å². The van der Waals surface area contributed by atoms with E-state index < -0.39 is 11.5 Å². The lowest BCUT2D eigenvalue weighted by Crippen LogP contribution is -2.57. The number of amides is 1. The van der Waals surface area contributed by atoms with Crippen molar-refractivity contribution in [1.29, 1.82) is 0 Å². The van der Waals surface area contributed by atoms with Crippen LogP contribution in [0.1, 0.15) is 25.8 Å². The lowest BCUT2D eigenvalue weighted by molar-refractivity contribution is -0.134. The standard InChI is InChI=1S/C15H19NO3/c1-15(2)12(10-11-6-4-3-5-7-11)16(14(18)19)9-8-13(15)17/h3-7,12H,8-10H2,1-2H3,(H,18,19). The van der Waals surface area contributed by atoms with Gasteiger partial charge in [0.05, 0.1) is 6.04 Å². The average Bonchev–Trinajstić information content (AvgIpc) is 2.36. The zero-order valence-electron chi connectivity index (χ0n) is 11.3. The number of nitrogens with zero attached hydrogens (tertiary/aromatic N) is 1. The van der Waals surface area contributed by atoms with E-state index in [1.165, 1.54) is 4.90 Å². The molecule has 0 bridgehead atoms. The van der Waals surface area contributed by atoms with Gasteiger partial charge in [-0.1, -0.05) is 44.2 Å². The number of piperidine rings is 1. The maximum atomic E-state index is 12.1. The molecule has 0 aliphatic carbocycles. The number of carbonyl (C=O) groups excluding carboxylic acids is 1. The van der Waals surface area contributed by atoms with Gasteiger partial charge < -0.3 is 10.0 Å². The molecule has 1 aliphatic rings. The Labute approximate surface area is 113 Å². The second-order valence-electron chi connectivity index (χ2n) is 5.58. The summed E-state index contributed by atoms with van der Waals surface area (Å²) in [5, 5.41) is 9.32.